The summed E-state index contributed by atoms with van der Waals surface area (Å²) in [6.45, 7) is -0.0399. The van der Waals surface area contributed by atoms with E-state index in [1.807, 2.05) is 6.07 Å². The number of hydrogen-bond donors (Lipinski definition) is 1. The molecule has 1 aromatic carbocycles. The lowest BCUT2D eigenvalue weighted by atomic mass is 10.2. The molecule has 0 bridgehead atoms. The zero-order chi connectivity index (χ0) is 11.3. The standard InChI is InChI=1S/C9H8N2O3S/c10-6-7-1-2-9(15-4-3-12)8(5-7)11(13)14/h1-2,5,12H,3-4H2. The van der Waals surface area contributed by atoms with Gasteiger partial charge in [0, 0.05) is 11.8 Å². The average molecular weight is 224 g/mol. The molecule has 0 aliphatic carbocycles. The summed E-state index contributed by atoms with van der Waals surface area (Å²) in [6.07, 6.45) is 0. The number of aliphatic hydroxyl groups excluding tert-OH is 1. The Bertz CT molecular complexity index is 414. The second-order valence-corrected chi connectivity index (χ2v) is 3.76. The molecule has 0 saturated carbocycles. The van der Waals surface area contributed by atoms with Crippen molar-refractivity contribution in [2.75, 3.05) is 12.4 Å². The van der Waals surface area contributed by atoms with E-state index in [1.54, 1.807) is 0 Å². The van der Waals surface area contributed by atoms with E-state index in [1.165, 1.54) is 30.0 Å². The number of nitro groups is 1. The van der Waals surface area contributed by atoms with E-state index in [-0.39, 0.29) is 17.9 Å². The molecule has 1 rings (SSSR count). The molecule has 0 heterocycles. The van der Waals surface area contributed by atoms with Crippen molar-refractivity contribution >= 4 is 17.4 Å². The number of nitrogens with zero attached hydrogens (tertiary/aromatic N) is 2. The van der Waals surface area contributed by atoms with E-state index >= 15 is 0 Å². The molecule has 0 aliphatic heterocycles. The number of rotatable bonds is 4. The molecule has 0 aromatic heterocycles. The fourth-order valence-corrected chi connectivity index (χ4v) is 1.76. The zero-order valence-electron chi connectivity index (χ0n) is 7.71. The Hall–Kier alpha value is -1.58. The summed E-state index contributed by atoms with van der Waals surface area (Å²) >= 11 is 1.19. The van der Waals surface area contributed by atoms with Crippen LogP contribution in [0, 0.1) is 21.4 Å². The Morgan fingerprint density at radius 2 is 2.33 bits per heavy atom. The zero-order valence-corrected chi connectivity index (χ0v) is 8.53. The lowest BCUT2D eigenvalue weighted by molar-refractivity contribution is -0.387. The molecule has 0 spiro atoms. The highest BCUT2D eigenvalue weighted by Crippen LogP contribution is 2.29. The third-order valence-corrected chi connectivity index (χ3v) is 2.68. The summed E-state index contributed by atoms with van der Waals surface area (Å²) in [4.78, 5) is 10.6. The van der Waals surface area contributed by atoms with Gasteiger partial charge in [-0.1, -0.05) is 0 Å². The highest BCUT2D eigenvalue weighted by Gasteiger charge is 2.14. The van der Waals surface area contributed by atoms with Crippen LogP contribution in [0.3, 0.4) is 0 Å². The molecule has 0 radical (unpaired) electrons. The predicted molar refractivity (Wildman–Crippen MR) is 55.6 cm³/mol. The van der Waals surface area contributed by atoms with Gasteiger partial charge >= 0.3 is 0 Å². The van der Waals surface area contributed by atoms with E-state index < -0.39 is 4.92 Å². The van der Waals surface area contributed by atoms with Gasteiger partial charge in [-0.15, -0.1) is 11.8 Å². The van der Waals surface area contributed by atoms with Crippen LogP contribution in [0.25, 0.3) is 0 Å². The van der Waals surface area contributed by atoms with E-state index in [9.17, 15) is 10.1 Å². The smallest absolute Gasteiger partial charge is 0.284 e. The second kappa shape index (κ2) is 5.34. The van der Waals surface area contributed by atoms with Gasteiger partial charge in [0.25, 0.3) is 5.69 Å². The van der Waals surface area contributed by atoms with Gasteiger partial charge in [-0.3, -0.25) is 10.1 Å². The Morgan fingerprint density at radius 3 is 2.87 bits per heavy atom. The Balaban J connectivity index is 3.05. The van der Waals surface area contributed by atoms with E-state index in [2.05, 4.69) is 0 Å². The molecule has 78 valence electrons. The summed E-state index contributed by atoms with van der Waals surface area (Å²) in [5, 5.41) is 27.9. The Kier molecular flexibility index (Phi) is 4.09. The van der Waals surface area contributed by atoms with Crippen molar-refractivity contribution in [1.29, 1.82) is 5.26 Å². The van der Waals surface area contributed by atoms with Crippen LogP contribution < -0.4 is 0 Å². The number of benzene rings is 1. The van der Waals surface area contributed by atoms with Crippen molar-refractivity contribution in [2.45, 2.75) is 4.90 Å². The molecule has 0 fully saturated rings. The van der Waals surface area contributed by atoms with Crippen LogP contribution >= 0.6 is 11.8 Å². The molecule has 6 heteroatoms. The molecule has 1 N–H and O–H groups in total. The van der Waals surface area contributed by atoms with Gasteiger partial charge in [0.05, 0.1) is 28.1 Å². The van der Waals surface area contributed by atoms with Crippen molar-refractivity contribution < 1.29 is 10.0 Å². The van der Waals surface area contributed by atoms with Gasteiger partial charge in [-0.05, 0) is 12.1 Å². The SMILES string of the molecule is N#Cc1ccc(SCCO)c([N+](=O)[O-])c1. The van der Waals surface area contributed by atoms with Crippen molar-refractivity contribution in [3.8, 4) is 6.07 Å². The molecule has 0 saturated heterocycles. The first-order chi connectivity index (χ1) is 7.19. The molecular weight excluding hydrogens is 216 g/mol. The summed E-state index contributed by atoms with van der Waals surface area (Å²) in [7, 11) is 0. The topological polar surface area (TPSA) is 87.2 Å². The van der Waals surface area contributed by atoms with Crippen LogP contribution in [0.4, 0.5) is 5.69 Å². The summed E-state index contributed by atoms with van der Waals surface area (Å²) in [5.41, 5.74) is 0.169. The molecular formula is C9H8N2O3S. The van der Waals surface area contributed by atoms with Gasteiger partial charge in [0.2, 0.25) is 0 Å². The van der Waals surface area contributed by atoms with Gasteiger partial charge in [-0.2, -0.15) is 5.26 Å². The maximum atomic E-state index is 10.7. The lowest BCUT2D eigenvalue weighted by Gasteiger charge is -2.01. The number of thioether (sulfide) groups is 1. The van der Waals surface area contributed by atoms with Crippen LogP contribution in [0.2, 0.25) is 0 Å². The Morgan fingerprint density at radius 1 is 1.60 bits per heavy atom. The first-order valence-electron chi connectivity index (χ1n) is 4.11. The maximum Gasteiger partial charge on any atom is 0.284 e. The third kappa shape index (κ3) is 2.94. The maximum absolute atomic E-state index is 10.7. The first-order valence-corrected chi connectivity index (χ1v) is 5.10. The minimum atomic E-state index is -0.527. The van der Waals surface area contributed by atoms with Crippen molar-refractivity contribution in [3.63, 3.8) is 0 Å². The van der Waals surface area contributed by atoms with E-state index in [0.29, 0.717) is 10.6 Å². The second-order valence-electron chi connectivity index (χ2n) is 2.62. The average Bonchev–Trinajstić information content (AvgIpc) is 2.26. The fraction of sp³-hybridized carbons (Fsp3) is 0.222. The Labute approximate surface area is 90.5 Å². The summed E-state index contributed by atoms with van der Waals surface area (Å²) < 4.78 is 0. The van der Waals surface area contributed by atoms with Gasteiger partial charge in [0.1, 0.15) is 0 Å². The van der Waals surface area contributed by atoms with Crippen LogP contribution in [-0.2, 0) is 0 Å². The van der Waals surface area contributed by atoms with Crippen molar-refractivity contribution in [3.05, 3.63) is 33.9 Å². The summed E-state index contributed by atoms with van der Waals surface area (Å²) in [6, 6.07) is 6.12. The van der Waals surface area contributed by atoms with Gasteiger partial charge in [0.15, 0.2) is 0 Å². The lowest BCUT2D eigenvalue weighted by Crippen LogP contribution is -1.93. The molecule has 0 unspecified atom stereocenters. The van der Waals surface area contributed by atoms with Gasteiger partial charge in [-0.25, -0.2) is 0 Å². The molecule has 0 amide bonds. The largest absolute Gasteiger partial charge is 0.396 e. The normalized spacial score (nSPS) is 9.60. The van der Waals surface area contributed by atoms with Crippen molar-refractivity contribution in [2.24, 2.45) is 0 Å². The van der Waals surface area contributed by atoms with Gasteiger partial charge < -0.3 is 5.11 Å². The van der Waals surface area contributed by atoms with Crippen LogP contribution in [-0.4, -0.2) is 22.4 Å². The number of hydrogen-bond acceptors (Lipinski definition) is 5. The predicted octanol–water partition coefficient (Wildman–Crippen LogP) is 1.55. The number of nitriles is 1. The summed E-state index contributed by atoms with van der Waals surface area (Å²) in [5.74, 6) is 0.396. The molecule has 0 aliphatic rings. The van der Waals surface area contributed by atoms with E-state index in [0.717, 1.165) is 0 Å². The monoisotopic (exact) mass is 224 g/mol. The van der Waals surface area contributed by atoms with E-state index in [4.69, 9.17) is 10.4 Å². The highest BCUT2D eigenvalue weighted by molar-refractivity contribution is 7.99. The number of aliphatic hydroxyl groups is 1. The van der Waals surface area contributed by atoms with Crippen LogP contribution in [0.15, 0.2) is 23.1 Å². The molecule has 15 heavy (non-hydrogen) atoms. The minimum Gasteiger partial charge on any atom is -0.396 e. The number of nitro benzene ring substituents is 1. The quantitative estimate of drug-likeness (QED) is 0.476. The highest BCUT2D eigenvalue weighted by atomic mass is 32.2. The van der Waals surface area contributed by atoms with Crippen LogP contribution in [0.1, 0.15) is 5.56 Å². The first kappa shape index (κ1) is 11.5. The van der Waals surface area contributed by atoms with Crippen LogP contribution in [0.5, 0.6) is 0 Å². The third-order valence-electron chi connectivity index (χ3n) is 1.63. The molecule has 0 atom stereocenters. The molecule has 1 aromatic rings. The fourth-order valence-electron chi connectivity index (χ4n) is 1.01. The minimum absolute atomic E-state index is 0.0399. The molecule has 5 nitrogen and oxygen atoms in total. The van der Waals surface area contributed by atoms with Crippen molar-refractivity contribution in [1.82, 2.24) is 0 Å².